The van der Waals surface area contributed by atoms with Crippen LogP contribution in [0.1, 0.15) is 5.56 Å². The average Bonchev–Trinajstić information content (AvgIpc) is 2.06. The van der Waals surface area contributed by atoms with Gasteiger partial charge in [-0.05, 0) is 11.6 Å². The van der Waals surface area contributed by atoms with Crippen molar-refractivity contribution in [2.45, 2.75) is 6.61 Å². The van der Waals surface area contributed by atoms with Crippen molar-refractivity contribution in [1.82, 2.24) is 0 Å². The molecule has 0 unspecified atom stereocenters. The quantitative estimate of drug-likeness (QED) is 0.894. The van der Waals surface area contributed by atoms with Gasteiger partial charge in [-0.25, -0.2) is 5.14 Å². The van der Waals surface area contributed by atoms with Gasteiger partial charge in [0.1, 0.15) is 0 Å². The van der Waals surface area contributed by atoms with Gasteiger partial charge in [-0.2, -0.15) is 8.42 Å². The minimum Gasteiger partial charge on any atom is -0.253 e. The summed E-state index contributed by atoms with van der Waals surface area (Å²) in [6.45, 7) is -0.224. The molecular formula is C7H7Cl2NO3S. The molecule has 0 heterocycles. The van der Waals surface area contributed by atoms with E-state index in [2.05, 4.69) is 9.32 Å². The molecule has 0 radical (unpaired) electrons. The number of benzene rings is 1. The predicted molar refractivity (Wildman–Crippen MR) is 54.4 cm³/mol. The summed E-state index contributed by atoms with van der Waals surface area (Å²) in [5, 5.41) is 5.24. The second-order valence-corrected chi connectivity index (χ2v) is 4.47. The van der Waals surface area contributed by atoms with Crippen molar-refractivity contribution in [1.29, 1.82) is 0 Å². The Hall–Kier alpha value is -0.330. The van der Waals surface area contributed by atoms with E-state index in [4.69, 9.17) is 23.2 Å². The van der Waals surface area contributed by atoms with Gasteiger partial charge in [-0.15, -0.1) is 0 Å². The van der Waals surface area contributed by atoms with Crippen LogP contribution >= 0.6 is 23.2 Å². The molecule has 1 rings (SSSR count). The average molecular weight is 256 g/mol. The molecule has 0 saturated heterocycles. The topological polar surface area (TPSA) is 69.4 Å². The highest BCUT2D eigenvalue weighted by Gasteiger charge is 2.08. The molecule has 7 heteroatoms. The van der Waals surface area contributed by atoms with Crippen LogP contribution in [0.4, 0.5) is 0 Å². The molecule has 0 aliphatic rings. The highest BCUT2D eigenvalue weighted by atomic mass is 35.5. The van der Waals surface area contributed by atoms with Crippen LogP contribution < -0.4 is 5.14 Å². The second kappa shape index (κ2) is 4.46. The summed E-state index contributed by atoms with van der Waals surface area (Å²) < 4.78 is 25.3. The zero-order valence-electron chi connectivity index (χ0n) is 6.91. The first-order valence-corrected chi connectivity index (χ1v) is 5.73. The third-order valence-electron chi connectivity index (χ3n) is 1.41. The van der Waals surface area contributed by atoms with Gasteiger partial charge < -0.3 is 0 Å². The maximum Gasteiger partial charge on any atom is 0.333 e. The lowest BCUT2D eigenvalue weighted by molar-refractivity contribution is 0.308. The van der Waals surface area contributed by atoms with Gasteiger partial charge >= 0.3 is 10.3 Å². The van der Waals surface area contributed by atoms with E-state index < -0.39 is 10.3 Å². The zero-order chi connectivity index (χ0) is 10.8. The molecule has 0 aliphatic carbocycles. The number of halogens is 2. The van der Waals surface area contributed by atoms with Crippen LogP contribution in [0.5, 0.6) is 0 Å². The summed E-state index contributed by atoms with van der Waals surface area (Å²) in [4.78, 5) is 0. The van der Waals surface area contributed by atoms with E-state index in [1.165, 1.54) is 0 Å². The van der Waals surface area contributed by atoms with Gasteiger partial charge in [0.15, 0.2) is 0 Å². The molecule has 0 aliphatic heterocycles. The molecule has 14 heavy (non-hydrogen) atoms. The third kappa shape index (κ3) is 3.43. The minimum absolute atomic E-state index is 0.224. The van der Waals surface area contributed by atoms with Gasteiger partial charge in [0.05, 0.1) is 16.7 Å². The van der Waals surface area contributed by atoms with Crippen molar-refractivity contribution in [2.75, 3.05) is 0 Å². The summed E-state index contributed by atoms with van der Waals surface area (Å²) in [5.74, 6) is 0. The molecule has 0 atom stereocenters. The summed E-state index contributed by atoms with van der Waals surface area (Å²) in [7, 11) is -3.95. The molecule has 0 amide bonds. The summed E-state index contributed by atoms with van der Waals surface area (Å²) >= 11 is 11.5. The molecule has 0 fully saturated rings. The van der Waals surface area contributed by atoms with E-state index in [1.807, 2.05) is 0 Å². The third-order valence-corrected chi connectivity index (χ3v) is 2.71. The Balaban J connectivity index is 2.83. The molecule has 4 nitrogen and oxygen atoms in total. The molecule has 0 saturated carbocycles. The standard InChI is InChI=1S/C7H7Cl2NO3S/c8-6-3-1-2-5(7(6)9)4-13-14(10,11)12/h1-3H,4H2,(H2,10,11,12). The Labute approximate surface area is 91.8 Å². The van der Waals surface area contributed by atoms with E-state index >= 15 is 0 Å². The first-order valence-electron chi connectivity index (χ1n) is 3.50. The van der Waals surface area contributed by atoms with E-state index in [0.717, 1.165) is 0 Å². The van der Waals surface area contributed by atoms with Crippen LogP contribution in [-0.4, -0.2) is 8.42 Å². The van der Waals surface area contributed by atoms with E-state index in [1.54, 1.807) is 18.2 Å². The van der Waals surface area contributed by atoms with Gasteiger partial charge in [0, 0.05) is 0 Å². The van der Waals surface area contributed by atoms with Crippen LogP contribution in [0.15, 0.2) is 18.2 Å². The van der Waals surface area contributed by atoms with Crippen molar-refractivity contribution in [2.24, 2.45) is 5.14 Å². The molecule has 0 bridgehead atoms. The first-order chi connectivity index (χ1) is 6.40. The SMILES string of the molecule is NS(=O)(=O)OCc1cccc(Cl)c1Cl. The van der Waals surface area contributed by atoms with E-state index in [9.17, 15) is 8.42 Å². The van der Waals surface area contributed by atoms with E-state index in [-0.39, 0.29) is 11.6 Å². The lowest BCUT2D eigenvalue weighted by atomic mass is 10.2. The number of nitrogens with two attached hydrogens (primary N) is 1. The molecule has 0 spiro atoms. The molecule has 1 aromatic rings. The van der Waals surface area contributed by atoms with Crippen molar-refractivity contribution < 1.29 is 12.6 Å². The number of rotatable bonds is 3. The Morgan fingerprint density at radius 1 is 1.36 bits per heavy atom. The normalized spacial score (nSPS) is 11.6. The number of hydrogen-bond acceptors (Lipinski definition) is 3. The van der Waals surface area contributed by atoms with Gasteiger partial charge in [0.2, 0.25) is 0 Å². The molecule has 0 aromatic heterocycles. The smallest absolute Gasteiger partial charge is 0.253 e. The maximum atomic E-state index is 10.5. The maximum absolute atomic E-state index is 10.5. The molecule has 2 N–H and O–H groups in total. The fourth-order valence-electron chi connectivity index (χ4n) is 0.806. The second-order valence-electron chi connectivity index (χ2n) is 2.47. The predicted octanol–water partition coefficient (Wildman–Crippen LogP) is 1.71. The van der Waals surface area contributed by atoms with Gasteiger partial charge in [0.25, 0.3) is 0 Å². The summed E-state index contributed by atoms with van der Waals surface area (Å²) in [6, 6.07) is 4.82. The van der Waals surface area contributed by atoms with E-state index in [0.29, 0.717) is 10.6 Å². The lowest BCUT2D eigenvalue weighted by Crippen LogP contribution is -2.15. The monoisotopic (exact) mass is 255 g/mol. The fourth-order valence-corrected chi connectivity index (χ4v) is 1.47. The molecular weight excluding hydrogens is 249 g/mol. The highest BCUT2D eigenvalue weighted by molar-refractivity contribution is 7.84. The van der Waals surface area contributed by atoms with Crippen LogP contribution in [0, 0.1) is 0 Å². The van der Waals surface area contributed by atoms with Crippen LogP contribution in [0.3, 0.4) is 0 Å². The number of hydrogen-bond donors (Lipinski definition) is 1. The van der Waals surface area contributed by atoms with Crippen molar-refractivity contribution in [3.05, 3.63) is 33.8 Å². The van der Waals surface area contributed by atoms with Crippen molar-refractivity contribution >= 4 is 33.5 Å². The fraction of sp³-hybridized carbons (Fsp3) is 0.143. The highest BCUT2D eigenvalue weighted by Crippen LogP contribution is 2.25. The largest absolute Gasteiger partial charge is 0.333 e. The van der Waals surface area contributed by atoms with Crippen LogP contribution in [0.25, 0.3) is 0 Å². The van der Waals surface area contributed by atoms with Crippen LogP contribution in [-0.2, 0) is 21.1 Å². The Morgan fingerprint density at radius 3 is 2.57 bits per heavy atom. The van der Waals surface area contributed by atoms with Crippen molar-refractivity contribution in [3.8, 4) is 0 Å². The van der Waals surface area contributed by atoms with Crippen LogP contribution in [0.2, 0.25) is 10.0 Å². The summed E-state index contributed by atoms with van der Waals surface area (Å²) in [6.07, 6.45) is 0. The first kappa shape index (κ1) is 11.7. The molecule has 78 valence electrons. The summed E-state index contributed by atoms with van der Waals surface area (Å²) in [5.41, 5.74) is 0.466. The Kier molecular flexibility index (Phi) is 3.74. The van der Waals surface area contributed by atoms with Crippen molar-refractivity contribution in [3.63, 3.8) is 0 Å². The Bertz CT molecular complexity index is 433. The lowest BCUT2D eigenvalue weighted by Gasteiger charge is -2.04. The Morgan fingerprint density at radius 2 is 2.00 bits per heavy atom. The molecule has 1 aromatic carbocycles. The zero-order valence-corrected chi connectivity index (χ0v) is 9.23. The minimum atomic E-state index is -3.95. The van der Waals surface area contributed by atoms with Gasteiger partial charge in [-0.3, -0.25) is 4.18 Å². The van der Waals surface area contributed by atoms with Gasteiger partial charge in [-0.1, -0.05) is 35.3 Å².